The molecule has 0 spiro atoms. The lowest BCUT2D eigenvalue weighted by atomic mass is 10.2. The summed E-state index contributed by atoms with van der Waals surface area (Å²) in [6, 6.07) is -0.916. The van der Waals surface area contributed by atoms with Crippen molar-refractivity contribution in [2.45, 2.75) is 67.5 Å². The molecule has 1 unspecified atom stereocenters. The molecule has 0 aliphatic carbocycles. The van der Waals surface area contributed by atoms with E-state index in [0.29, 0.717) is 5.92 Å². The van der Waals surface area contributed by atoms with Crippen molar-refractivity contribution in [2.24, 2.45) is 10.9 Å². The Morgan fingerprint density at radius 2 is 1.41 bits per heavy atom. The third-order valence-electron chi connectivity index (χ3n) is 2.17. The van der Waals surface area contributed by atoms with Gasteiger partial charge in [-0.05, 0) is 40.9 Å². The molecule has 0 fully saturated rings. The molecule has 0 saturated carbocycles. The Bertz CT molecular complexity index is 380. The third-order valence-corrected chi connectivity index (χ3v) is 2.17. The molecule has 0 aliphatic rings. The maximum absolute atomic E-state index is 11.2. The molecule has 0 radical (unpaired) electrons. The molecule has 3 N–H and O–H groups in total. The summed E-state index contributed by atoms with van der Waals surface area (Å²) in [5.74, 6) is -0.281. The molecule has 0 bridgehead atoms. The number of likely N-dealkylation sites (N-methyl/N-ethyl adjacent to an activating group) is 1. The van der Waals surface area contributed by atoms with Gasteiger partial charge < -0.3 is 20.7 Å². The number of carbonyl (C=O) groups excluding carboxylic acids is 2. The number of ether oxygens (including phenoxy) is 1. The molecule has 0 aromatic carbocycles. The normalized spacial score (nSPS) is 10.7. The molecule has 0 saturated heterocycles. The van der Waals surface area contributed by atoms with Crippen molar-refractivity contribution in [1.82, 2.24) is 16.0 Å². The van der Waals surface area contributed by atoms with E-state index in [-0.39, 0.29) is 11.9 Å². The first-order valence-corrected chi connectivity index (χ1v) is 9.27. The van der Waals surface area contributed by atoms with Gasteiger partial charge in [0.2, 0.25) is 12.1 Å². The van der Waals surface area contributed by atoms with E-state index in [4.69, 9.17) is 5.26 Å². The van der Waals surface area contributed by atoms with Crippen LogP contribution < -0.4 is 16.0 Å². The molecule has 27 heavy (non-hydrogen) atoms. The fourth-order valence-electron chi connectivity index (χ4n) is 0.888. The standard InChI is InChI=1S/C8H16N2O3.C5H8N2.C2H7N.2C2H6/c1-5(9-3)7(11)10-6(2)8(12)13-4;1-5(2)3-7-4-6;1-3-2;2*1-2/h5-6,9H,1-4H3,(H,10,11);3,5H,1-2H3;3H,1-2H3;2*1-2H3/t5-,6?;;;;/m1..../s1. The molecule has 8 heteroatoms. The van der Waals surface area contributed by atoms with Crippen LogP contribution in [-0.2, 0) is 14.3 Å². The number of amides is 1. The number of methoxy groups -OCH3 is 1. The van der Waals surface area contributed by atoms with E-state index >= 15 is 0 Å². The van der Waals surface area contributed by atoms with Gasteiger partial charge in [0, 0.05) is 6.21 Å². The van der Waals surface area contributed by atoms with Crippen molar-refractivity contribution < 1.29 is 14.3 Å². The van der Waals surface area contributed by atoms with Crippen molar-refractivity contribution in [3.8, 4) is 6.19 Å². The highest BCUT2D eigenvalue weighted by Gasteiger charge is 2.18. The summed E-state index contributed by atoms with van der Waals surface area (Å²) in [4.78, 5) is 25.5. The zero-order valence-electron chi connectivity index (χ0n) is 19.4. The highest BCUT2D eigenvalue weighted by Crippen LogP contribution is 1.88. The first kappa shape index (κ1) is 36.0. The van der Waals surface area contributed by atoms with Gasteiger partial charge in [0.05, 0.1) is 13.2 Å². The van der Waals surface area contributed by atoms with Gasteiger partial charge in [0.1, 0.15) is 6.04 Å². The molecule has 8 nitrogen and oxygen atoms in total. The van der Waals surface area contributed by atoms with Crippen molar-refractivity contribution in [3.05, 3.63) is 0 Å². The first-order valence-electron chi connectivity index (χ1n) is 9.27. The lowest BCUT2D eigenvalue weighted by Gasteiger charge is -2.14. The molecule has 0 aromatic heterocycles. The van der Waals surface area contributed by atoms with Crippen LogP contribution in [0.3, 0.4) is 0 Å². The first-order chi connectivity index (χ1) is 12.7. The minimum atomic E-state index is -0.603. The summed E-state index contributed by atoms with van der Waals surface area (Å²) in [5.41, 5.74) is 0. The second-order valence-corrected chi connectivity index (χ2v) is 4.89. The number of carbonyl (C=O) groups is 2. The maximum atomic E-state index is 11.2. The maximum Gasteiger partial charge on any atom is 0.328 e. The Morgan fingerprint density at radius 1 is 1.00 bits per heavy atom. The van der Waals surface area contributed by atoms with Crippen LogP contribution in [0.25, 0.3) is 0 Å². The summed E-state index contributed by atoms with van der Waals surface area (Å²) in [6.07, 6.45) is 3.28. The van der Waals surface area contributed by atoms with E-state index in [1.54, 1.807) is 33.3 Å². The van der Waals surface area contributed by atoms with Crippen LogP contribution in [0.4, 0.5) is 0 Å². The van der Waals surface area contributed by atoms with Crippen LogP contribution in [0.2, 0.25) is 0 Å². The Balaban J connectivity index is -0.0000000968. The number of nitrogens with one attached hydrogen (secondary N) is 3. The lowest BCUT2D eigenvalue weighted by molar-refractivity contribution is -0.144. The van der Waals surface area contributed by atoms with Gasteiger partial charge in [0.25, 0.3) is 0 Å². The second-order valence-electron chi connectivity index (χ2n) is 4.89. The predicted molar refractivity (Wildman–Crippen MR) is 115 cm³/mol. The van der Waals surface area contributed by atoms with Gasteiger partial charge in [-0.15, -0.1) is 0 Å². The molecule has 0 aromatic rings. The summed E-state index contributed by atoms with van der Waals surface area (Å²) in [7, 11) is 6.71. The molecule has 0 rings (SSSR count). The number of aliphatic imine (C=N–C) groups is 1. The van der Waals surface area contributed by atoms with E-state index in [0.717, 1.165) is 0 Å². The zero-order chi connectivity index (χ0) is 22.8. The van der Waals surface area contributed by atoms with Crippen LogP contribution in [0, 0.1) is 17.4 Å². The number of hydrogen-bond donors (Lipinski definition) is 3. The van der Waals surface area contributed by atoms with Gasteiger partial charge in [-0.1, -0.05) is 41.5 Å². The smallest absolute Gasteiger partial charge is 0.328 e. The molecule has 0 aliphatic heterocycles. The number of hydrogen-bond acceptors (Lipinski definition) is 7. The van der Waals surface area contributed by atoms with E-state index in [1.807, 2.05) is 55.6 Å². The van der Waals surface area contributed by atoms with E-state index in [9.17, 15) is 9.59 Å². The number of esters is 1. The molecule has 1 amide bonds. The molecular formula is C19H43N5O3. The Hall–Kier alpha value is -1.98. The van der Waals surface area contributed by atoms with Crippen molar-refractivity contribution in [1.29, 1.82) is 5.26 Å². The van der Waals surface area contributed by atoms with Gasteiger partial charge >= 0.3 is 5.97 Å². The van der Waals surface area contributed by atoms with Crippen LogP contribution in [0.1, 0.15) is 55.4 Å². The minimum Gasteiger partial charge on any atom is -0.467 e. The van der Waals surface area contributed by atoms with E-state index < -0.39 is 12.0 Å². The summed E-state index contributed by atoms with van der Waals surface area (Å²) in [6.45, 7) is 15.2. The number of nitrogens with zero attached hydrogens (tertiary/aromatic N) is 2. The summed E-state index contributed by atoms with van der Waals surface area (Å²) in [5, 5.41) is 15.9. The van der Waals surface area contributed by atoms with Gasteiger partial charge in [-0.3, -0.25) is 4.79 Å². The fourth-order valence-corrected chi connectivity index (χ4v) is 0.888. The van der Waals surface area contributed by atoms with E-state index in [2.05, 4.69) is 25.7 Å². The van der Waals surface area contributed by atoms with Gasteiger partial charge in [-0.25, -0.2) is 4.79 Å². The van der Waals surface area contributed by atoms with Crippen LogP contribution >= 0.6 is 0 Å². The van der Waals surface area contributed by atoms with Crippen LogP contribution in [0.15, 0.2) is 4.99 Å². The fraction of sp³-hybridized carbons (Fsp3) is 0.789. The Kier molecular flexibility index (Phi) is 42.4. The third kappa shape index (κ3) is 35.9. The van der Waals surface area contributed by atoms with Crippen molar-refractivity contribution >= 4 is 18.1 Å². The molecule has 2 atom stereocenters. The zero-order valence-corrected chi connectivity index (χ0v) is 19.4. The quantitative estimate of drug-likeness (QED) is 0.378. The SMILES string of the molecule is CC.CC.CC(C)C=NC#N.CNC.CN[C@H](C)C(=O)NC(C)C(=O)OC. The highest BCUT2D eigenvalue weighted by molar-refractivity contribution is 5.86. The topological polar surface area (TPSA) is 116 Å². The number of nitriles is 1. The van der Waals surface area contributed by atoms with Crippen LogP contribution in [-0.4, -0.2) is 58.4 Å². The average molecular weight is 390 g/mol. The van der Waals surface area contributed by atoms with Crippen molar-refractivity contribution in [2.75, 3.05) is 28.3 Å². The average Bonchev–Trinajstić information content (AvgIpc) is 2.68. The minimum absolute atomic E-state index is 0.222. The predicted octanol–water partition coefficient (Wildman–Crippen LogP) is 2.35. The monoisotopic (exact) mass is 389 g/mol. The molecule has 162 valence electrons. The van der Waals surface area contributed by atoms with E-state index in [1.165, 1.54) is 7.11 Å². The van der Waals surface area contributed by atoms with Crippen LogP contribution in [0.5, 0.6) is 0 Å². The summed E-state index contributed by atoms with van der Waals surface area (Å²) < 4.78 is 4.45. The second kappa shape index (κ2) is 31.8. The highest BCUT2D eigenvalue weighted by atomic mass is 16.5. The molecular weight excluding hydrogens is 346 g/mol. The lowest BCUT2D eigenvalue weighted by Crippen LogP contribution is -2.47. The van der Waals surface area contributed by atoms with Gasteiger partial charge in [-0.2, -0.15) is 10.3 Å². The Morgan fingerprint density at radius 3 is 1.63 bits per heavy atom. The molecule has 0 heterocycles. The van der Waals surface area contributed by atoms with Gasteiger partial charge in [0.15, 0.2) is 0 Å². The summed E-state index contributed by atoms with van der Waals surface area (Å²) >= 11 is 0. The van der Waals surface area contributed by atoms with Crippen molar-refractivity contribution in [3.63, 3.8) is 0 Å². The largest absolute Gasteiger partial charge is 0.467 e. The number of rotatable bonds is 5. The Labute approximate surface area is 167 Å².